The van der Waals surface area contributed by atoms with E-state index in [1.165, 1.54) is 26.2 Å². The van der Waals surface area contributed by atoms with Crippen LogP contribution in [0.1, 0.15) is 17.8 Å². The third-order valence-corrected chi connectivity index (χ3v) is 6.54. The van der Waals surface area contributed by atoms with Gasteiger partial charge in [-0.15, -0.1) is 0 Å². The van der Waals surface area contributed by atoms with Crippen molar-refractivity contribution in [2.24, 2.45) is 7.05 Å². The van der Waals surface area contributed by atoms with Crippen LogP contribution in [-0.2, 0) is 34.8 Å². The van der Waals surface area contributed by atoms with Crippen molar-refractivity contribution in [2.75, 3.05) is 14.1 Å². The van der Waals surface area contributed by atoms with Crippen LogP contribution in [0.2, 0.25) is 0 Å². The molecule has 0 saturated carbocycles. The van der Waals surface area contributed by atoms with Crippen molar-refractivity contribution in [3.8, 4) is 0 Å². The molecule has 154 valence electrons. The minimum atomic E-state index is -3.55. The normalized spacial score (nSPS) is 11.9. The fraction of sp³-hybridized carbons (Fsp3) is 0.300. The number of hydrogen-bond donors (Lipinski definition) is 1. The Labute approximate surface area is 169 Å². The molecule has 1 aromatic heterocycles. The van der Waals surface area contributed by atoms with Gasteiger partial charge in [-0.1, -0.05) is 18.2 Å². The van der Waals surface area contributed by atoms with E-state index >= 15 is 0 Å². The van der Waals surface area contributed by atoms with Crippen LogP contribution < -0.4 is 5.32 Å². The number of benzene rings is 2. The second-order valence-corrected chi connectivity index (χ2v) is 9.04. The van der Waals surface area contributed by atoms with Gasteiger partial charge in [-0.3, -0.25) is 4.79 Å². The van der Waals surface area contributed by atoms with Crippen molar-refractivity contribution >= 4 is 27.0 Å². The monoisotopic (exact) mass is 418 g/mol. The standard InChI is InChI=1S/C20H23FN4O3S/c1-24(2)29(27,28)15-8-9-18-17(12-15)23-19(25(18)3)10-11-20(26)22-13-14-6-4-5-7-16(14)21/h4-9,12H,10-11,13H2,1-3H3,(H,22,26). The fourth-order valence-electron chi connectivity index (χ4n) is 2.97. The molecule has 0 radical (unpaired) electrons. The van der Waals surface area contributed by atoms with Crippen LogP contribution in [0.5, 0.6) is 0 Å². The van der Waals surface area contributed by atoms with Gasteiger partial charge in [0.2, 0.25) is 15.9 Å². The van der Waals surface area contributed by atoms with E-state index in [0.717, 1.165) is 9.82 Å². The average molecular weight is 418 g/mol. The molecule has 3 aromatic rings. The molecule has 29 heavy (non-hydrogen) atoms. The molecule has 0 spiro atoms. The van der Waals surface area contributed by atoms with E-state index in [-0.39, 0.29) is 29.6 Å². The average Bonchev–Trinajstić information content (AvgIpc) is 3.00. The molecule has 2 aromatic carbocycles. The number of hydrogen-bond acceptors (Lipinski definition) is 4. The van der Waals surface area contributed by atoms with E-state index in [2.05, 4.69) is 10.3 Å². The quantitative estimate of drug-likeness (QED) is 0.638. The second-order valence-electron chi connectivity index (χ2n) is 6.89. The molecule has 1 heterocycles. The zero-order valence-corrected chi connectivity index (χ0v) is 17.3. The van der Waals surface area contributed by atoms with E-state index in [1.54, 1.807) is 30.3 Å². The minimum Gasteiger partial charge on any atom is -0.352 e. The Hall–Kier alpha value is -2.78. The molecule has 0 aliphatic carbocycles. The van der Waals surface area contributed by atoms with Gasteiger partial charge in [-0.05, 0) is 24.3 Å². The largest absolute Gasteiger partial charge is 0.352 e. The van der Waals surface area contributed by atoms with E-state index in [0.29, 0.717) is 23.3 Å². The molecular weight excluding hydrogens is 395 g/mol. The smallest absolute Gasteiger partial charge is 0.242 e. The molecule has 7 nitrogen and oxygen atoms in total. The molecule has 0 unspecified atom stereocenters. The molecule has 0 saturated heterocycles. The van der Waals surface area contributed by atoms with Crippen molar-refractivity contribution in [1.29, 1.82) is 0 Å². The lowest BCUT2D eigenvalue weighted by molar-refractivity contribution is -0.121. The first-order valence-electron chi connectivity index (χ1n) is 9.08. The minimum absolute atomic E-state index is 0.125. The lowest BCUT2D eigenvalue weighted by atomic mass is 10.2. The zero-order chi connectivity index (χ0) is 21.2. The molecule has 0 fully saturated rings. The van der Waals surface area contributed by atoms with E-state index < -0.39 is 10.0 Å². The lowest BCUT2D eigenvalue weighted by Crippen LogP contribution is -2.23. The summed E-state index contributed by atoms with van der Waals surface area (Å²) in [6.45, 7) is 0.125. The van der Waals surface area contributed by atoms with Crippen LogP contribution in [0.15, 0.2) is 47.4 Å². The number of sulfonamides is 1. The zero-order valence-electron chi connectivity index (χ0n) is 16.5. The number of nitrogens with zero attached hydrogens (tertiary/aromatic N) is 3. The number of fused-ring (bicyclic) bond motifs is 1. The topological polar surface area (TPSA) is 84.3 Å². The summed E-state index contributed by atoms with van der Waals surface area (Å²) < 4.78 is 41.2. The molecular formula is C20H23FN4O3S. The maximum Gasteiger partial charge on any atom is 0.242 e. The van der Waals surface area contributed by atoms with Crippen LogP contribution in [0.3, 0.4) is 0 Å². The molecule has 0 aliphatic rings. The predicted molar refractivity (Wildman–Crippen MR) is 108 cm³/mol. The lowest BCUT2D eigenvalue weighted by Gasteiger charge is -2.10. The van der Waals surface area contributed by atoms with Crippen molar-refractivity contribution in [3.63, 3.8) is 0 Å². The summed E-state index contributed by atoms with van der Waals surface area (Å²) in [5.74, 6) is 0.100. The van der Waals surface area contributed by atoms with Crippen LogP contribution in [0.25, 0.3) is 11.0 Å². The first kappa shape index (κ1) is 20.9. The number of rotatable bonds is 7. The summed E-state index contributed by atoms with van der Waals surface area (Å²) >= 11 is 0. The molecule has 0 aliphatic heterocycles. The molecule has 9 heteroatoms. The van der Waals surface area contributed by atoms with Crippen molar-refractivity contribution in [2.45, 2.75) is 24.3 Å². The summed E-state index contributed by atoms with van der Waals surface area (Å²) in [6.07, 6.45) is 0.568. The fourth-order valence-corrected chi connectivity index (χ4v) is 3.90. The molecule has 0 bridgehead atoms. The van der Waals surface area contributed by atoms with Crippen LogP contribution >= 0.6 is 0 Å². The third kappa shape index (κ3) is 4.46. The van der Waals surface area contributed by atoms with Gasteiger partial charge in [0, 0.05) is 46.1 Å². The second kappa shape index (κ2) is 8.30. The van der Waals surface area contributed by atoms with Gasteiger partial charge in [0.15, 0.2) is 0 Å². The number of carbonyl (C=O) groups excluding carboxylic acids is 1. The maximum atomic E-state index is 13.6. The first-order valence-corrected chi connectivity index (χ1v) is 10.5. The number of carbonyl (C=O) groups is 1. The van der Waals surface area contributed by atoms with E-state index in [1.807, 2.05) is 11.6 Å². The van der Waals surface area contributed by atoms with Gasteiger partial charge in [-0.25, -0.2) is 22.1 Å². The van der Waals surface area contributed by atoms with Crippen molar-refractivity contribution in [1.82, 2.24) is 19.2 Å². The molecule has 1 N–H and O–H groups in total. The van der Waals surface area contributed by atoms with Gasteiger partial charge in [0.1, 0.15) is 11.6 Å². The number of halogens is 1. The maximum absolute atomic E-state index is 13.6. The van der Waals surface area contributed by atoms with Gasteiger partial charge in [-0.2, -0.15) is 0 Å². The Kier molecular flexibility index (Phi) is 5.99. The molecule has 1 amide bonds. The Morgan fingerprint density at radius 3 is 2.62 bits per heavy atom. The van der Waals surface area contributed by atoms with Gasteiger partial charge < -0.3 is 9.88 Å². The van der Waals surface area contributed by atoms with Gasteiger partial charge in [0.25, 0.3) is 0 Å². The summed E-state index contributed by atoms with van der Waals surface area (Å²) in [7, 11) is 1.23. The van der Waals surface area contributed by atoms with Crippen LogP contribution in [0.4, 0.5) is 4.39 Å². The molecule has 0 atom stereocenters. The predicted octanol–water partition coefficient (Wildman–Crippen LogP) is 2.21. The van der Waals surface area contributed by atoms with Gasteiger partial charge >= 0.3 is 0 Å². The highest BCUT2D eigenvalue weighted by molar-refractivity contribution is 7.89. The number of imidazole rings is 1. The summed E-state index contributed by atoms with van der Waals surface area (Å²) in [5.41, 5.74) is 1.76. The molecule has 3 rings (SSSR count). The SMILES string of the molecule is CN(C)S(=O)(=O)c1ccc2c(c1)nc(CCC(=O)NCc1ccccc1F)n2C. The summed E-state index contributed by atoms with van der Waals surface area (Å²) in [6, 6.07) is 11.1. The highest BCUT2D eigenvalue weighted by Gasteiger charge is 2.19. The Bertz CT molecular complexity index is 1160. The van der Waals surface area contributed by atoms with Crippen LogP contribution in [0, 0.1) is 5.82 Å². The number of aryl methyl sites for hydroxylation is 2. The highest BCUT2D eigenvalue weighted by atomic mass is 32.2. The Morgan fingerprint density at radius 2 is 1.93 bits per heavy atom. The van der Waals surface area contributed by atoms with E-state index in [4.69, 9.17) is 0 Å². The van der Waals surface area contributed by atoms with Crippen molar-refractivity contribution in [3.05, 3.63) is 59.7 Å². The summed E-state index contributed by atoms with van der Waals surface area (Å²) in [5, 5.41) is 2.70. The highest BCUT2D eigenvalue weighted by Crippen LogP contribution is 2.21. The number of amides is 1. The third-order valence-electron chi connectivity index (χ3n) is 4.73. The Morgan fingerprint density at radius 1 is 1.21 bits per heavy atom. The van der Waals surface area contributed by atoms with Crippen LogP contribution in [-0.4, -0.2) is 42.3 Å². The van der Waals surface area contributed by atoms with Crippen molar-refractivity contribution < 1.29 is 17.6 Å². The Balaban J connectivity index is 1.69. The first-order chi connectivity index (χ1) is 13.7. The van der Waals surface area contributed by atoms with Gasteiger partial charge in [0.05, 0.1) is 15.9 Å². The number of aromatic nitrogens is 2. The van der Waals surface area contributed by atoms with E-state index in [9.17, 15) is 17.6 Å². The summed E-state index contributed by atoms with van der Waals surface area (Å²) in [4.78, 5) is 16.8. The number of nitrogens with one attached hydrogen (secondary N) is 1.